The molecule has 0 spiro atoms. The van der Waals surface area contributed by atoms with Gasteiger partial charge in [0.05, 0.1) is 23.7 Å². The molecule has 0 unspecified atom stereocenters. The third kappa shape index (κ3) is 6.25. The maximum absolute atomic E-state index is 12.5. The van der Waals surface area contributed by atoms with Crippen LogP contribution in [0.1, 0.15) is 46.4 Å². The molecule has 0 bridgehead atoms. The Kier molecular flexibility index (Phi) is 9.13. The van der Waals surface area contributed by atoms with Crippen LogP contribution in [0, 0.1) is 6.92 Å². The van der Waals surface area contributed by atoms with E-state index in [1.807, 2.05) is 0 Å². The number of ether oxygens (including phenoxy) is 2. The highest BCUT2D eigenvalue weighted by atomic mass is 32.2. The van der Waals surface area contributed by atoms with Crippen molar-refractivity contribution in [3.63, 3.8) is 0 Å². The van der Waals surface area contributed by atoms with Crippen molar-refractivity contribution in [3.05, 3.63) is 40.3 Å². The lowest BCUT2D eigenvalue weighted by atomic mass is 10.1. The number of sulfonamides is 1. The summed E-state index contributed by atoms with van der Waals surface area (Å²) in [5.41, 5.74) is 1.18. The summed E-state index contributed by atoms with van der Waals surface area (Å²) in [6, 6.07) is 6.02. The zero-order valence-corrected chi connectivity index (χ0v) is 20.6. The SMILES string of the molecule is CCNS(=O)(=O)c1ccc(NC(=S)Nc2sc(C(=O)OCC)c(C)c2C(=O)OCC)cc1. The number of anilines is 2. The maximum atomic E-state index is 12.5. The van der Waals surface area contributed by atoms with Gasteiger partial charge < -0.3 is 20.1 Å². The Hall–Kier alpha value is -2.54. The van der Waals surface area contributed by atoms with Crippen LogP contribution in [0.5, 0.6) is 0 Å². The molecule has 32 heavy (non-hydrogen) atoms. The standard InChI is InChI=1S/C20H25N3O6S3/c1-5-21-32(26,27)14-10-8-13(9-11-14)22-20(30)23-17-15(18(24)28-6-2)12(4)16(31-17)19(25)29-7-3/h8-11,21H,5-7H2,1-4H3,(H2,22,23,30). The van der Waals surface area contributed by atoms with Gasteiger partial charge >= 0.3 is 11.9 Å². The lowest BCUT2D eigenvalue weighted by Crippen LogP contribution is -2.23. The van der Waals surface area contributed by atoms with Gasteiger partial charge in [0.15, 0.2) is 5.11 Å². The molecule has 0 fully saturated rings. The summed E-state index contributed by atoms with van der Waals surface area (Å²) in [5.74, 6) is -1.12. The van der Waals surface area contributed by atoms with Crippen LogP contribution >= 0.6 is 23.6 Å². The van der Waals surface area contributed by atoms with Crippen molar-refractivity contribution in [2.45, 2.75) is 32.6 Å². The lowest BCUT2D eigenvalue weighted by molar-refractivity contribution is 0.0527. The Bertz CT molecular complexity index is 1090. The zero-order valence-electron chi connectivity index (χ0n) is 18.1. The number of carbonyl (C=O) groups is 2. The van der Waals surface area contributed by atoms with Crippen molar-refractivity contribution in [3.8, 4) is 0 Å². The first-order chi connectivity index (χ1) is 15.1. The zero-order chi connectivity index (χ0) is 23.9. The molecule has 1 aromatic heterocycles. The predicted molar refractivity (Wildman–Crippen MR) is 128 cm³/mol. The molecule has 0 aliphatic rings. The Balaban J connectivity index is 2.24. The third-order valence-electron chi connectivity index (χ3n) is 4.07. The molecular weight excluding hydrogens is 474 g/mol. The normalized spacial score (nSPS) is 11.0. The van der Waals surface area contributed by atoms with Crippen molar-refractivity contribution >= 4 is 61.3 Å². The van der Waals surface area contributed by atoms with Gasteiger partial charge in [0.1, 0.15) is 9.88 Å². The number of esters is 2. The highest BCUT2D eigenvalue weighted by Gasteiger charge is 2.27. The number of nitrogens with one attached hydrogen (secondary N) is 3. The Morgan fingerprint density at radius 1 is 1.00 bits per heavy atom. The minimum atomic E-state index is -3.56. The van der Waals surface area contributed by atoms with Gasteiger partial charge in [-0.05, 0) is 62.8 Å². The number of hydrogen-bond donors (Lipinski definition) is 3. The average molecular weight is 500 g/mol. The van der Waals surface area contributed by atoms with Crippen molar-refractivity contribution < 1.29 is 27.5 Å². The molecule has 0 radical (unpaired) electrons. The van der Waals surface area contributed by atoms with Crippen LogP contribution in [0.25, 0.3) is 0 Å². The fraction of sp³-hybridized carbons (Fsp3) is 0.350. The van der Waals surface area contributed by atoms with E-state index in [9.17, 15) is 18.0 Å². The van der Waals surface area contributed by atoms with Crippen molar-refractivity contribution in [2.24, 2.45) is 0 Å². The Morgan fingerprint density at radius 3 is 2.16 bits per heavy atom. The van der Waals surface area contributed by atoms with E-state index in [0.29, 0.717) is 16.3 Å². The second-order valence-electron chi connectivity index (χ2n) is 6.31. The first-order valence-corrected chi connectivity index (χ1v) is 12.5. The summed E-state index contributed by atoms with van der Waals surface area (Å²) in [6.45, 7) is 7.38. The summed E-state index contributed by atoms with van der Waals surface area (Å²) in [7, 11) is -3.56. The van der Waals surface area contributed by atoms with Crippen LogP contribution in [-0.2, 0) is 19.5 Å². The topological polar surface area (TPSA) is 123 Å². The van der Waals surface area contributed by atoms with Gasteiger partial charge in [-0.2, -0.15) is 0 Å². The third-order valence-corrected chi connectivity index (χ3v) is 7.02. The van der Waals surface area contributed by atoms with Gasteiger partial charge in [-0.3, -0.25) is 0 Å². The summed E-state index contributed by atoms with van der Waals surface area (Å²) in [6.07, 6.45) is 0. The number of rotatable bonds is 9. The van der Waals surface area contributed by atoms with Crippen LogP contribution in [0.4, 0.5) is 10.7 Å². The van der Waals surface area contributed by atoms with Gasteiger partial charge in [-0.25, -0.2) is 22.7 Å². The van der Waals surface area contributed by atoms with E-state index in [-0.39, 0.29) is 40.2 Å². The average Bonchev–Trinajstić information content (AvgIpc) is 3.04. The molecule has 0 aliphatic heterocycles. The van der Waals surface area contributed by atoms with Crippen molar-refractivity contribution in [1.82, 2.24) is 4.72 Å². The molecule has 3 N–H and O–H groups in total. The lowest BCUT2D eigenvalue weighted by Gasteiger charge is -2.12. The predicted octanol–water partition coefficient (Wildman–Crippen LogP) is 3.52. The van der Waals surface area contributed by atoms with Crippen LogP contribution in [0.2, 0.25) is 0 Å². The molecule has 0 amide bonds. The highest BCUT2D eigenvalue weighted by molar-refractivity contribution is 7.89. The molecule has 1 aromatic carbocycles. The Labute approximate surface area is 196 Å². The van der Waals surface area contributed by atoms with Gasteiger partial charge in [0.25, 0.3) is 0 Å². The summed E-state index contributed by atoms with van der Waals surface area (Å²) in [5, 5.41) is 6.34. The molecule has 0 aliphatic carbocycles. The van der Waals surface area contributed by atoms with E-state index < -0.39 is 22.0 Å². The molecule has 1 heterocycles. The number of thiophene rings is 1. The van der Waals surface area contributed by atoms with E-state index in [1.165, 1.54) is 12.1 Å². The summed E-state index contributed by atoms with van der Waals surface area (Å²) < 4.78 is 36.7. The largest absolute Gasteiger partial charge is 0.462 e. The quantitative estimate of drug-likeness (QED) is 0.351. The van der Waals surface area contributed by atoms with E-state index in [1.54, 1.807) is 39.8 Å². The number of benzene rings is 1. The van der Waals surface area contributed by atoms with Gasteiger partial charge in [0, 0.05) is 12.2 Å². The molecule has 2 aromatic rings. The van der Waals surface area contributed by atoms with Crippen LogP contribution in [0.3, 0.4) is 0 Å². The van der Waals surface area contributed by atoms with Gasteiger partial charge in [-0.1, -0.05) is 6.92 Å². The van der Waals surface area contributed by atoms with E-state index in [4.69, 9.17) is 21.7 Å². The number of hydrogen-bond acceptors (Lipinski definition) is 8. The minimum Gasteiger partial charge on any atom is -0.462 e. The molecule has 174 valence electrons. The second kappa shape index (κ2) is 11.4. The Morgan fingerprint density at radius 2 is 1.59 bits per heavy atom. The first kappa shape index (κ1) is 25.7. The molecule has 0 saturated heterocycles. The van der Waals surface area contributed by atoms with Gasteiger partial charge in [0.2, 0.25) is 10.0 Å². The van der Waals surface area contributed by atoms with Crippen LogP contribution in [-0.4, -0.2) is 45.2 Å². The summed E-state index contributed by atoms with van der Waals surface area (Å²) in [4.78, 5) is 25.1. The summed E-state index contributed by atoms with van der Waals surface area (Å²) >= 11 is 6.37. The maximum Gasteiger partial charge on any atom is 0.348 e. The fourth-order valence-corrected chi connectivity index (χ4v) is 5.12. The number of thiocarbonyl (C=S) groups is 1. The van der Waals surface area contributed by atoms with E-state index in [2.05, 4.69) is 15.4 Å². The highest BCUT2D eigenvalue weighted by Crippen LogP contribution is 2.34. The smallest absolute Gasteiger partial charge is 0.348 e. The first-order valence-electron chi connectivity index (χ1n) is 9.79. The molecule has 9 nitrogen and oxygen atoms in total. The monoisotopic (exact) mass is 499 g/mol. The van der Waals surface area contributed by atoms with E-state index in [0.717, 1.165) is 11.3 Å². The molecule has 2 rings (SSSR count). The van der Waals surface area contributed by atoms with Gasteiger partial charge in [-0.15, -0.1) is 11.3 Å². The minimum absolute atomic E-state index is 0.126. The molecule has 0 saturated carbocycles. The van der Waals surface area contributed by atoms with Crippen LogP contribution < -0.4 is 15.4 Å². The number of carbonyl (C=O) groups excluding carboxylic acids is 2. The van der Waals surface area contributed by atoms with E-state index >= 15 is 0 Å². The molecule has 0 atom stereocenters. The molecular formula is C20H25N3O6S3. The van der Waals surface area contributed by atoms with Crippen molar-refractivity contribution in [2.75, 3.05) is 30.4 Å². The fourth-order valence-electron chi connectivity index (χ4n) is 2.70. The van der Waals surface area contributed by atoms with Crippen molar-refractivity contribution in [1.29, 1.82) is 0 Å². The molecule has 12 heteroatoms. The van der Waals surface area contributed by atoms with Crippen LogP contribution in [0.15, 0.2) is 29.2 Å². The second-order valence-corrected chi connectivity index (χ2v) is 9.50.